The van der Waals surface area contributed by atoms with Crippen LogP contribution in [0, 0.1) is 0 Å². The second-order valence-corrected chi connectivity index (χ2v) is 8.29. The highest BCUT2D eigenvalue weighted by molar-refractivity contribution is 7.21. The molecular weight excluding hydrogens is 408 g/mol. The number of carbonyl (C=O) groups excluding carboxylic acids is 1. The molecule has 0 saturated heterocycles. The summed E-state index contributed by atoms with van der Waals surface area (Å²) < 4.78 is 0. The van der Waals surface area contributed by atoms with Crippen molar-refractivity contribution in [1.29, 1.82) is 0 Å². The maximum Gasteiger partial charge on any atom is 0.317 e. The molecule has 3 heterocycles. The zero-order chi connectivity index (χ0) is 21.6. The van der Waals surface area contributed by atoms with Gasteiger partial charge in [0.2, 0.25) is 0 Å². The molecule has 3 aromatic heterocycles. The van der Waals surface area contributed by atoms with Crippen LogP contribution in [0.1, 0.15) is 12.8 Å². The predicted molar refractivity (Wildman–Crippen MR) is 126 cm³/mol. The van der Waals surface area contributed by atoms with Gasteiger partial charge in [0.1, 0.15) is 10.3 Å². The van der Waals surface area contributed by atoms with Gasteiger partial charge in [0.15, 0.2) is 5.13 Å². The van der Waals surface area contributed by atoms with E-state index < -0.39 is 0 Å². The molecular formula is C23H24N6OS. The van der Waals surface area contributed by atoms with Crippen LogP contribution in [0.4, 0.5) is 9.93 Å². The fourth-order valence-corrected chi connectivity index (χ4v) is 3.95. The number of urea groups is 1. The van der Waals surface area contributed by atoms with E-state index in [1.807, 2.05) is 30.3 Å². The molecule has 0 atom stereocenters. The minimum Gasteiger partial charge on any atom is -0.334 e. The van der Waals surface area contributed by atoms with Crippen LogP contribution < -0.4 is 10.6 Å². The molecule has 4 rings (SSSR count). The molecule has 1 aliphatic carbocycles. The molecule has 0 aromatic carbocycles. The van der Waals surface area contributed by atoms with Gasteiger partial charge < -0.3 is 15.5 Å². The number of pyridine rings is 2. The van der Waals surface area contributed by atoms with Crippen LogP contribution in [0.15, 0.2) is 72.2 Å². The Morgan fingerprint density at radius 1 is 1.13 bits per heavy atom. The van der Waals surface area contributed by atoms with E-state index in [1.54, 1.807) is 26.5 Å². The molecule has 158 valence electrons. The molecule has 0 spiro atoms. The number of hydrogen-bond acceptors (Lipinski definition) is 6. The first kappa shape index (κ1) is 20.7. The summed E-state index contributed by atoms with van der Waals surface area (Å²) in [5.74, 6) is 0. The average Bonchev–Trinajstić information content (AvgIpc) is 3.16. The molecule has 31 heavy (non-hydrogen) atoms. The van der Waals surface area contributed by atoms with Crippen LogP contribution in [-0.2, 0) is 0 Å². The standard InChI is InChI=1S/C23H24N6OS/c1-29(2)23(30)25-15-16-6-4-3-5-7-18(14-16)26-22-28-20-9-8-19(27-21(20)31-22)17-10-12-24-13-11-17/h4,6-14H,3,5,15H2,1-2H3,(H,25,30)(H,26,28). The Morgan fingerprint density at radius 3 is 2.77 bits per heavy atom. The van der Waals surface area contributed by atoms with Gasteiger partial charge >= 0.3 is 6.03 Å². The lowest BCUT2D eigenvalue weighted by Gasteiger charge is -2.14. The minimum atomic E-state index is -0.114. The summed E-state index contributed by atoms with van der Waals surface area (Å²) in [5, 5.41) is 7.13. The van der Waals surface area contributed by atoms with Gasteiger partial charge in [-0.2, -0.15) is 0 Å². The monoisotopic (exact) mass is 432 g/mol. The van der Waals surface area contributed by atoms with Crippen LogP contribution in [-0.4, -0.2) is 46.5 Å². The van der Waals surface area contributed by atoms with Crippen molar-refractivity contribution in [2.45, 2.75) is 12.8 Å². The van der Waals surface area contributed by atoms with Crippen molar-refractivity contribution in [3.8, 4) is 11.3 Å². The molecule has 0 bridgehead atoms. The number of nitrogens with zero attached hydrogens (tertiary/aromatic N) is 4. The normalized spacial score (nSPS) is 13.7. The van der Waals surface area contributed by atoms with Crippen molar-refractivity contribution in [1.82, 2.24) is 25.2 Å². The first-order valence-corrected chi connectivity index (χ1v) is 10.9. The predicted octanol–water partition coefficient (Wildman–Crippen LogP) is 4.60. The van der Waals surface area contributed by atoms with Gasteiger partial charge in [-0.15, -0.1) is 0 Å². The maximum absolute atomic E-state index is 11.9. The van der Waals surface area contributed by atoms with Crippen LogP contribution in [0.25, 0.3) is 21.6 Å². The number of carbonyl (C=O) groups is 1. The molecule has 2 amide bonds. The van der Waals surface area contributed by atoms with Crippen LogP contribution >= 0.6 is 11.3 Å². The lowest BCUT2D eigenvalue weighted by atomic mass is 10.1. The Balaban J connectivity index is 1.53. The Hall–Kier alpha value is -3.52. The van der Waals surface area contributed by atoms with Crippen LogP contribution in [0.5, 0.6) is 0 Å². The van der Waals surface area contributed by atoms with Gasteiger partial charge in [0.25, 0.3) is 0 Å². The third kappa shape index (κ3) is 5.35. The van der Waals surface area contributed by atoms with E-state index >= 15 is 0 Å². The zero-order valence-electron chi connectivity index (χ0n) is 17.5. The first-order valence-electron chi connectivity index (χ1n) is 10.1. The van der Waals surface area contributed by atoms with Gasteiger partial charge in [-0.05, 0) is 48.8 Å². The SMILES string of the molecule is CN(C)C(=O)NCC1=CC(Nc2nc3ccc(-c4ccncc4)nc3s2)=CCCC=C1. The maximum atomic E-state index is 11.9. The Labute approximate surface area is 185 Å². The summed E-state index contributed by atoms with van der Waals surface area (Å²) in [7, 11) is 3.46. The van der Waals surface area contributed by atoms with E-state index in [0.29, 0.717) is 6.54 Å². The quantitative estimate of drug-likeness (QED) is 0.616. The molecule has 0 saturated carbocycles. The minimum absolute atomic E-state index is 0.114. The summed E-state index contributed by atoms with van der Waals surface area (Å²) in [4.78, 5) is 27.8. The number of anilines is 1. The second-order valence-electron chi connectivity index (χ2n) is 7.31. The molecule has 0 fully saturated rings. The smallest absolute Gasteiger partial charge is 0.317 e. The van der Waals surface area contributed by atoms with Crippen molar-refractivity contribution in [2.75, 3.05) is 26.0 Å². The number of fused-ring (bicyclic) bond motifs is 1. The lowest BCUT2D eigenvalue weighted by Crippen LogP contribution is -2.35. The third-order valence-corrected chi connectivity index (χ3v) is 5.58. The molecule has 0 radical (unpaired) electrons. The molecule has 2 N–H and O–H groups in total. The highest BCUT2D eigenvalue weighted by Gasteiger charge is 2.10. The number of hydrogen-bond donors (Lipinski definition) is 2. The van der Waals surface area contributed by atoms with Crippen molar-refractivity contribution in [3.63, 3.8) is 0 Å². The zero-order valence-corrected chi connectivity index (χ0v) is 18.3. The molecule has 7 nitrogen and oxygen atoms in total. The van der Waals surface area contributed by atoms with E-state index in [9.17, 15) is 4.79 Å². The van der Waals surface area contributed by atoms with Crippen LogP contribution in [0.3, 0.4) is 0 Å². The summed E-state index contributed by atoms with van der Waals surface area (Å²) in [5.41, 5.74) is 4.78. The van der Waals surface area contributed by atoms with Crippen molar-refractivity contribution >= 4 is 32.8 Å². The Bertz CT molecular complexity index is 1160. The lowest BCUT2D eigenvalue weighted by molar-refractivity contribution is 0.218. The average molecular weight is 433 g/mol. The fourth-order valence-electron chi connectivity index (χ4n) is 3.09. The number of allylic oxidation sites excluding steroid dienone is 3. The number of amides is 2. The van der Waals surface area contributed by atoms with Gasteiger partial charge in [0, 0.05) is 44.3 Å². The first-order chi connectivity index (χ1) is 15.1. The number of nitrogens with one attached hydrogen (secondary N) is 2. The van der Waals surface area contributed by atoms with Gasteiger partial charge in [0.05, 0.1) is 5.69 Å². The van der Waals surface area contributed by atoms with Gasteiger partial charge in [-0.25, -0.2) is 14.8 Å². The fraction of sp³-hybridized carbons (Fsp3) is 0.217. The topological polar surface area (TPSA) is 83.0 Å². The number of rotatable bonds is 5. The molecule has 0 aliphatic heterocycles. The Morgan fingerprint density at radius 2 is 1.97 bits per heavy atom. The summed E-state index contributed by atoms with van der Waals surface area (Å²) >= 11 is 1.52. The molecule has 0 unspecified atom stereocenters. The van der Waals surface area contributed by atoms with Crippen LogP contribution in [0.2, 0.25) is 0 Å². The van der Waals surface area contributed by atoms with E-state index in [2.05, 4.69) is 38.8 Å². The molecule has 1 aliphatic rings. The largest absolute Gasteiger partial charge is 0.334 e. The van der Waals surface area contributed by atoms with Crippen molar-refractivity contribution in [2.24, 2.45) is 0 Å². The second kappa shape index (κ2) is 9.53. The highest BCUT2D eigenvalue weighted by atomic mass is 32.1. The van der Waals surface area contributed by atoms with E-state index in [1.165, 1.54) is 16.2 Å². The van der Waals surface area contributed by atoms with E-state index in [4.69, 9.17) is 4.98 Å². The summed E-state index contributed by atoms with van der Waals surface area (Å²) in [6, 6.07) is 7.75. The third-order valence-electron chi connectivity index (χ3n) is 4.70. The number of aromatic nitrogens is 3. The van der Waals surface area contributed by atoms with Crippen molar-refractivity contribution in [3.05, 3.63) is 72.2 Å². The summed E-state index contributed by atoms with van der Waals surface area (Å²) in [6.45, 7) is 0.462. The number of thiazole rings is 1. The van der Waals surface area contributed by atoms with Gasteiger partial charge in [-0.3, -0.25) is 4.98 Å². The summed E-state index contributed by atoms with van der Waals surface area (Å²) in [6.07, 6.45) is 13.8. The van der Waals surface area contributed by atoms with E-state index in [-0.39, 0.29) is 6.03 Å². The molecule has 3 aromatic rings. The van der Waals surface area contributed by atoms with Gasteiger partial charge in [-0.1, -0.05) is 29.6 Å². The Kier molecular flexibility index (Phi) is 6.37. The van der Waals surface area contributed by atoms with E-state index in [0.717, 1.165) is 50.8 Å². The molecule has 8 heteroatoms. The van der Waals surface area contributed by atoms with Crippen molar-refractivity contribution < 1.29 is 4.79 Å². The highest BCUT2D eigenvalue weighted by Crippen LogP contribution is 2.28.